The summed E-state index contributed by atoms with van der Waals surface area (Å²) in [6, 6.07) is 12.3. The summed E-state index contributed by atoms with van der Waals surface area (Å²) in [5.74, 6) is -0.613. The van der Waals surface area contributed by atoms with E-state index in [4.69, 9.17) is 4.74 Å². The molecule has 0 radical (unpaired) electrons. The van der Waals surface area contributed by atoms with Crippen molar-refractivity contribution in [2.24, 2.45) is 0 Å². The lowest BCUT2D eigenvalue weighted by Gasteiger charge is -2.35. The number of rotatable bonds is 6. The first-order chi connectivity index (χ1) is 14.9. The largest absolute Gasteiger partial charge is 0.376 e. The maximum absolute atomic E-state index is 13.1. The highest BCUT2D eigenvalue weighted by atomic mass is 32.2. The van der Waals surface area contributed by atoms with Crippen LogP contribution in [0.3, 0.4) is 0 Å². The molecule has 1 N–H and O–H groups in total. The van der Waals surface area contributed by atoms with E-state index < -0.39 is 10.0 Å². The van der Waals surface area contributed by atoms with Gasteiger partial charge in [-0.05, 0) is 55.3 Å². The molecule has 0 aromatic heterocycles. The molecule has 0 unspecified atom stereocenters. The highest BCUT2D eigenvalue weighted by Gasteiger charge is 2.29. The number of nitrogens with one attached hydrogen (secondary N) is 1. The quantitative estimate of drug-likeness (QED) is 0.735. The number of halogens is 1. The first-order valence-electron chi connectivity index (χ1n) is 10.4. The topological polar surface area (TPSA) is 78.9 Å². The Morgan fingerprint density at radius 1 is 1.10 bits per heavy atom. The van der Waals surface area contributed by atoms with Crippen LogP contribution in [0.25, 0.3) is 0 Å². The van der Waals surface area contributed by atoms with Gasteiger partial charge in [0, 0.05) is 50.6 Å². The summed E-state index contributed by atoms with van der Waals surface area (Å²) in [6.07, 6.45) is 1.93. The summed E-state index contributed by atoms with van der Waals surface area (Å²) in [7, 11) is -3.72. The molecule has 0 spiro atoms. The lowest BCUT2D eigenvalue weighted by molar-refractivity contribution is 0.0857. The smallest absolute Gasteiger partial charge is 0.251 e. The van der Waals surface area contributed by atoms with Crippen molar-refractivity contribution in [1.29, 1.82) is 0 Å². The predicted octanol–water partition coefficient (Wildman–Crippen LogP) is 2.25. The standard InChI is InChI=1S/C22H26FN3O4S/c23-18-6-8-19(9-7-18)25-10-12-26(13-11-25)31(28,29)21-5-1-3-17(15-21)22(27)24-16-20-4-2-14-30-20/h1,3,5-9,15,20H,2,4,10-14,16H2,(H,24,27)/t20-/m1/s1. The van der Waals surface area contributed by atoms with Gasteiger partial charge in [-0.1, -0.05) is 6.07 Å². The number of sulfonamides is 1. The van der Waals surface area contributed by atoms with Crippen molar-refractivity contribution in [3.63, 3.8) is 0 Å². The minimum Gasteiger partial charge on any atom is -0.376 e. The molecule has 31 heavy (non-hydrogen) atoms. The van der Waals surface area contributed by atoms with Gasteiger partial charge in [-0.25, -0.2) is 12.8 Å². The van der Waals surface area contributed by atoms with Crippen LogP contribution in [0, 0.1) is 5.82 Å². The first-order valence-corrected chi connectivity index (χ1v) is 11.9. The zero-order valence-electron chi connectivity index (χ0n) is 17.2. The predicted molar refractivity (Wildman–Crippen MR) is 115 cm³/mol. The average Bonchev–Trinajstić information content (AvgIpc) is 3.32. The molecular formula is C22H26FN3O4S. The van der Waals surface area contributed by atoms with E-state index in [9.17, 15) is 17.6 Å². The number of nitrogens with zero attached hydrogens (tertiary/aromatic N) is 2. The maximum atomic E-state index is 13.1. The van der Waals surface area contributed by atoms with E-state index in [0.29, 0.717) is 44.9 Å². The highest BCUT2D eigenvalue weighted by molar-refractivity contribution is 7.89. The van der Waals surface area contributed by atoms with Gasteiger partial charge in [-0.2, -0.15) is 4.31 Å². The van der Waals surface area contributed by atoms with Crippen molar-refractivity contribution >= 4 is 21.6 Å². The van der Waals surface area contributed by atoms with Crippen molar-refractivity contribution in [2.75, 3.05) is 44.2 Å². The van der Waals surface area contributed by atoms with Gasteiger partial charge in [0.2, 0.25) is 10.0 Å². The van der Waals surface area contributed by atoms with Crippen molar-refractivity contribution in [2.45, 2.75) is 23.8 Å². The molecule has 2 heterocycles. The number of carbonyl (C=O) groups excluding carboxylic acids is 1. The molecule has 0 bridgehead atoms. The van der Waals surface area contributed by atoms with Gasteiger partial charge in [0.05, 0.1) is 11.0 Å². The molecule has 166 valence electrons. The lowest BCUT2D eigenvalue weighted by Crippen LogP contribution is -2.48. The molecule has 2 fully saturated rings. The second-order valence-corrected chi connectivity index (χ2v) is 9.68. The summed E-state index contributed by atoms with van der Waals surface area (Å²) in [5.41, 5.74) is 1.17. The zero-order valence-corrected chi connectivity index (χ0v) is 18.0. The Morgan fingerprint density at radius 3 is 2.52 bits per heavy atom. The van der Waals surface area contributed by atoms with Gasteiger partial charge in [0.1, 0.15) is 5.82 Å². The third-order valence-corrected chi connectivity index (χ3v) is 7.57. The molecule has 1 amide bonds. The number of anilines is 1. The molecule has 2 aromatic rings. The number of carbonyl (C=O) groups is 1. The Labute approximate surface area is 181 Å². The third kappa shape index (κ3) is 5.06. The summed E-state index contributed by atoms with van der Waals surface area (Å²) in [6.45, 7) is 2.77. The van der Waals surface area contributed by atoms with Crippen LogP contribution in [0.15, 0.2) is 53.4 Å². The van der Waals surface area contributed by atoms with E-state index in [0.717, 1.165) is 18.5 Å². The molecule has 9 heteroatoms. The summed E-state index contributed by atoms with van der Waals surface area (Å²) in [5, 5.41) is 2.82. The van der Waals surface area contributed by atoms with Gasteiger partial charge >= 0.3 is 0 Å². The van der Waals surface area contributed by atoms with E-state index in [1.165, 1.54) is 28.6 Å². The van der Waals surface area contributed by atoms with Crippen molar-refractivity contribution in [3.8, 4) is 0 Å². The summed E-state index contributed by atoms with van der Waals surface area (Å²) in [4.78, 5) is 14.6. The molecule has 2 saturated heterocycles. The van der Waals surface area contributed by atoms with Gasteiger partial charge in [-0.15, -0.1) is 0 Å². The van der Waals surface area contributed by atoms with Crippen LogP contribution in [-0.4, -0.2) is 64.1 Å². The highest BCUT2D eigenvalue weighted by Crippen LogP contribution is 2.22. The summed E-state index contributed by atoms with van der Waals surface area (Å²) < 4.78 is 46.3. The van der Waals surface area contributed by atoms with Crippen LogP contribution in [-0.2, 0) is 14.8 Å². The molecule has 7 nitrogen and oxygen atoms in total. The SMILES string of the molecule is O=C(NC[C@H]1CCCO1)c1cccc(S(=O)(=O)N2CCN(c3ccc(F)cc3)CC2)c1. The van der Waals surface area contributed by atoms with E-state index in [2.05, 4.69) is 5.32 Å². The maximum Gasteiger partial charge on any atom is 0.251 e. The Balaban J connectivity index is 1.40. The lowest BCUT2D eigenvalue weighted by atomic mass is 10.2. The van der Waals surface area contributed by atoms with Crippen LogP contribution in [0.2, 0.25) is 0 Å². The van der Waals surface area contributed by atoms with Crippen molar-refractivity contribution in [1.82, 2.24) is 9.62 Å². The van der Waals surface area contributed by atoms with E-state index in [1.807, 2.05) is 4.90 Å². The minimum atomic E-state index is -3.72. The Bertz CT molecular complexity index is 1020. The fraction of sp³-hybridized carbons (Fsp3) is 0.409. The van der Waals surface area contributed by atoms with Crippen molar-refractivity contribution in [3.05, 3.63) is 59.9 Å². The summed E-state index contributed by atoms with van der Waals surface area (Å²) >= 11 is 0. The molecule has 4 rings (SSSR count). The molecule has 0 aliphatic carbocycles. The molecule has 2 aliphatic heterocycles. The van der Waals surface area contributed by atoms with Crippen LogP contribution in [0.4, 0.5) is 10.1 Å². The first kappa shape index (κ1) is 21.7. The van der Waals surface area contributed by atoms with Crippen LogP contribution in [0.5, 0.6) is 0 Å². The molecule has 1 atom stereocenters. The van der Waals surface area contributed by atoms with E-state index in [1.54, 1.807) is 24.3 Å². The minimum absolute atomic E-state index is 0.0215. The Hall–Kier alpha value is -2.49. The molecule has 2 aromatic carbocycles. The number of amides is 1. The average molecular weight is 448 g/mol. The normalized spacial score (nSPS) is 20.0. The van der Waals surface area contributed by atoms with Crippen molar-refractivity contribution < 1.29 is 22.3 Å². The Kier molecular flexibility index (Phi) is 6.54. The monoisotopic (exact) mass is 447 g/mol. The molecule has 0 saturated carbocycles. The fourth-order valence-electron chi connectivity index (χ4n) is 3.90. The van der Waals surface area contributed by atoms with Gasteiger partial charge < -0.3 is 15.0 Å². The zero-order chi connectivity index (χ0) is 21.8. The van der Waals surface area contributed by atoms with Crippen LogP contribution >= 0.6 is 0 Å². The number of hydrogen-bond acceptors (Lipinski definition) is 5. The van der Waals surface area contributed by atoms with Gasteiger partial charge in [-0.3, -0.25) is 4.79 Å². The van der Waals surface area contributed by atoms with Crippen LogP contribution in [0.1, 0.15) is 23.2 Å². The Morgan fingerprint density at radius 2 is 1.84 bits per heavy atom. The van der Waals surface area contributed by atoms with Crippen LogP contribution < -0.4 is 10.2 Å². The number of ether oxygens (including phenoxy) is 1. The van der Waals surface area contributed by atoms with E-state index in [-0.39, 0.29) is 22.7 Å². The second-order valence-electron chi connectivity index (χ2n) is 7.74. The molecule has 2 aliphatic rings. The molecular weight excluding hydrogens is 421 g/mol. The number of benzene rings is 2. The second kappa shape index (κ2) is 9.33. The van der Waals surface area contributed by atoms with Gasteiger partial charge in [0.25, 0.3) is 5.91 Å². The van der Waals surface area contributed by atoms with E-state index >= 15 is 0 Å². The third-order valence-electron chi connectivity index (χ3n) is 5.68. The number of piperazine rings is 1. The fourth-order valence-corrected chi connectivity index (χ4v) is 5.37. The number of hydrogen-bond donors (Lipinski definition) is 1. The van der Waals surface area contributed by atoms with Gasteiger partial charge in [0.15, 0.2) is 0 Å².